The first kappa shape index (κ1) is 11.5. The Balaban J connectivity index is 3.34. The average Bonchev–Trinajstić information content (AvgIpc) is 2.46. The highest BCUT2D eigenvalue weighted by molar-refractivity contribution is 8.13. The molecular formula is C8H13ClN2O2S. The highest BCUT2D eigenvalue weighted by Crippen LogP contribution is 2.20. The summed E-state index contributed by atoms with van der Waals surface area (Å²) >= 11 is 0. The minimum Gasteiger partial charge on any atom is -0.250 e. The van der Waals surface area contributed by atoms with Gasteiger partial charge in [-0.2, -0.15) is 5.10 Å². The standard InChI is InChI=1S/C8H13ClN2O2S/c1-4-7-5-8(14(9,12)13)11(10-7)6(2)3/h5-6H,4H2,1-3H3. The third-order valence-electron chi connectivity index (χ3n) is 1.85. The molecule has 0 aromatic carbocycles. The Kier molecular flexibility index (Phi) is 3.21. The second-order valence-electron chi connectivity index (χ2n) is 3.30. The molecule has 0 amide bonds. The van der Waals surface area contributed by atoms with E-state index >= 15 is 0 Å². The molecule has 0 unspecified atom stereocenters. The topological polar surface area (TPSA) is 52.0 Å². The monoisotopic (exact) mass is 236 g/mol. The lowest BCUT2D eigenvalue weighted by molar-refractivity contribution is 0.478. The van der Waals surface area contributed by atoms with Gasteiger partial charge in [0.05, 0.1) is 5.69 Å². The molecule has 80 valence electrons. The zero-order chi connectivity index (χ0) is 10.9. The summed E-state index contributed by atoms with van der Waals surface area (Å²) in [5, 5.41) is 4.22. The van der Waals surface area contributed by atoms with Crippen LogP contribution in [0.2, 0.25) is 0 Å². The van der Waals surface area contributed by atoms with Crippen molar-refractivity contribution in [2.75, 3.05) is 0 Å². The minimum absolute atomic E-state index is 0.0150. The number of halogens is 1. The maximum Gasteiger partial charge on any atom is 0.278 e. The Morgan fingerprint density at radius 1 is 1.57 bits per heavy atom. The Bertz CT molecular complexity index is 423. The summed E-state index contributed by atoms with van der Waals surface area (Å²) in [7, 11) is 1.59. The molecular weight excluding hydrogens is 224 g/mol. The molecule has 4 nitrogen and oxygen atoms in total. The van der Waals surface area contributed by atoms with Crippen molar-refractivity contribution in [2.45, 2.75) is 38.3 Å². The van der Waals surface area contributed by atoms with Gasteiger partial charge in [0.15, 0.2) is 5.03 Å². The summed E-state index contributed by atoms with van der Waals surface area (Å²) in [6.45, 7) is 5.63. The largest absolute Gasteiger partial charge is 0.278 e. The van der Waals surface area contributed by atoms with Gasteiger partial charge in [0, 0.05) is 16.7 Å². The Morgan fingerprint density at radius 3 is 2.43 bits per heavy atom. The predicted molar refractivity (Wildman–Crippen MR) is 55.0 cm³/mol. The Hall–Kier alpha value is -0.550. The van der Waals surface area contributed by atoms with Crippen molar-refractivity contribution in [1.29, 1.82) is 0 Å². The molecule has 1 rings (SSSR count). The Labute approximate surface area is 88.3 Å². The highest BCUT2D eigenvalue weighted by atomic mass is 35.7. The molecule has 1 aromatic rings. The third kappa shape index (κ3) is 2.27. The van der Waals surface area contributed by atoms with Crippen LogP contribution in [0.1, 0.15) is 32.5 Å². The van der Waals surface area contributed by atoms with Gasteiger partial charge in [0.2, 0.25) is 0 Å². The van der Waals surface area contributed by atoms with Crippen molar-refractivity contribution in [1.82, 2.24) is 9.78 Å². The van der Waals surface area contributed by atoms with Crippen LogP contribution >= 0.6 is 10.7 Å². The number of hydrogen-bond acceptors (Lipinski definition) is 3. The molecule has 0 bridgehead atoms. The van der Waals surface area contributed by atoms with Crippen molar-refractivity contribution in [2.24, 2.45) is 0 Å². The summed E-state index contributed by atoms with van der Waals surface area (Å²) in [5.41, 5.74) is 0.734. The quantitative estimate of drug-likeness (QED) is 0.754. The molecule has 0 spiro atoms. The van der Waals surface area contributed by atoms with Crippen molar-refractivity contribution >= 4 is 19.7 Å². The van der Waals surface area contributed by atoms with Gasteiger partial charge in [-0.15, -0.1) is 0 Å². The van der Waals surface area contributed by atoms with E-state index in [0.717, 1.165) is 5.69 Å². The van der Waals surface area contributed by atoms with Crippen molar-refractivity contribution in [3.8, 4) is 0 Å². The van der Waals surface area contributed by atoms with E-state index in [4.69, 9.17) is 10.7 Å². The molecule has 1 heterocycles. The van der Waals surface area contributed by atoms with E-state index in [9.17, 15) is 8.42 Å². The fourth-order valence-electron chi connectivity index (χ4n) is 1.15. The molecule has 0 N–H and O–H groups in total. The van der Waals surface area contributed by atoms with Gasteiger partial charge < -0.3 is 0 Å². The van der Waals surface area contributed by atoms with Crippen molar-refractivity contribution < 1.29 is 8.42 Å². The van der Waals surface area contributed by atoms with Crippen LogP contribution in [0.3, 0.4) is 0 Å². The molecule has 6 heteroatoms. The zero-order valence-electron chi connectivity index (χ0n) is 8.36. The van der Waals surface area contributed by atoms with Gasteiger partial charge in [-0.25, -0.2) is 8.42 Å². The molecule has 0 aliphatic heterocycles. The molecule has 0 atom stereocenters. The van der Waals surface area contributed by atoms with E-state index < -0.39 is 9.05 Å². The van der Waals surface area contributed by atoms with Gasteiger partial charge in [0.1, 0.15) is 0 Å². The molecule has 0 aliphatic carbocycles. The van der Waals surface area contributed by atoms with Gasteiger partial charge in [-0.05, 0) is 26.3 Å². The summed E-state index contributed by atoms with van der Waals surface area (Å²) in [6, 6.07) is 1.50. The normalized spacial score (nSPS) is 12.4. The van der Waals surface area contributed by atoms with E-state index in [0.29, 0.717) is 6.42 Å². The second kappa shape index (κ2) is 3.90. The number of aromatic nitrogens is 2. The van der Waals surface area contributed by atoms with Crippen LogP contribution in [-0.4, -0.2) is 18.2 Å². The molecule has 1 aromatic heterocycles. The molecule has 14 heavy (non-hydrogen) atoms. The lowest BCUT2D eigenvalue weighted by atomic mass is 10.3. The van der Waals surface area contributed by atoms with Gasteiger partial charge in [0.25, 0.3) is 9.05 Å². The fraction of sp³-hybridized carbons (Fsp3) is 0.625. The van der Waals surface area contributed by atoms with Crippen LogP contribution in [0.15, 0.2) is 11.1 Å². The minimum atomic E-state index is -3.70. The maximum atomic E-state index is 11.2. The van der Waals surface area contributed by atoms with E-state index in [1.165, 1.54) is 10.7 Å². The smallest absolute Gasteiger partial charge is 0.250 e. The van der Waals surface area contributed by atoms with Crippen LogP contribution in [0, 0.1) is 0 Å². The fourth-order valence-corrected chi connectivity index (χ4v) is 2.25. The van der Waals surface area contributed by atoms with Crippen LogP contribution < -0.4 is 0 Å². The van der Waals surface area contributed by atoms with E-state index in [-0.39, 0.29) is 11.1 Å². The summed E-state index contributed by atoms with van der Waals surface area (Å²) in [6.07, 6.45) is 0.694. The number of hydrogen-bond donors (Lipinski definition) is 0. The van der Waals surface area contributed by atoms with Crippen LogP contribution in [0.5, 0.6) is 0 Å². The number of nitrogens with zero attached hydrogens (tertiary/aromatic N) is 2. The molecule has 0 saturated heterocycles. The van der Waals surface area contributed by atoms with E-state index in [2.05, 4.69) is 5.10 Å². The highest BCUT2D eigenvalue weighted by Gasteiger charge is 2.20. The van der Waals surface area contributed by atoms with Gasteiger partial charge in [-0.1, -0.05) is 6.92 Å². The molecule has 0 saturated carbocycles. The lowest BCUT2D eigenvalue weighted by Crippen LogP contribution is -2.09. The second-order valence-corrected chi connectivity index (χ2v) is 5.82. The van der Waals surface area contributed by atoms with Gasteiger partial charge in [-0.3, -0.25) is 4.68 Å². The van der Waals surface area contributed by atoms with Gasteiger partial charge >= 0.3 is 0 Å². The maximum absolute atomic E-state index is 11.2. The first-order chi connectivity index (χ1) is 6.36. The first-order valence-corrected chi connectivity index (χ1v) is 6.70. The molecule has 0 fully saturated rings. The summed E-state index contributed by atoms with van der Waals surface area (Å²) in [4.78, 5) is 0. The summed E-state index contributed by atoms with van der Waals surface area (Å²) < 4.78 is 23.8. The number of rotatable bonds is 3. The van der Waals surface area contributed by atoms with Crippen LogP contribution in [0.4, 0.5) is 0 Å². The van der Waals surface area contributed by atoms with E-state index in [1.54, 1.807) is 0 Å². The third-order valence-corrected chi connectivity index (χ3v) is 3.13. The van der Waals surface area contributed by atoms with Crippen molar-refractivity contribution in [3.63, 3.8) is 0 Å². The molecule has 0 aliphatic rings. The van der Waals surface area contributed by atoms with E-state index in [1.807, 2.05) is 20.8 Å². The molecule has 0 radical (unpaired) electrons. The predicted octanol–water partition coefficient (Wildman–Crippen LogP) is 1.95. The summed E-state index contributed by atoms with van der Waals surface area (Å²) in [5.74, 6) is 0. The Morgan fingerprint density at radius 2 is 2.14 bits per heavy atom. The van der Waals surface area contributed by atoms with Crippen LogP contribution in [0.25, 0.3) is 0 Å². The lowest BCUT2D eigenvalue weighted by Gasteiger charge is -2.07. The number of aryl methyl sites for hydroxylation is 1. The first-order valence-electron chi connectivity index (χ1n) is 4.39. The van der Waals surface area contributed by atoms with Crippen molar-refractivity contribution in [3.05, 3.63) is 11.8 Å². The zero-order valence-corrected chi connectivity index (χ0v) is 9.93. The SMILES string of the molecule is CCc1cc(S(=O)(=O)Cl)n(C(C)C)n1. The average molecular weight is 237 g/mol. The van der Waals surface area contributed by atoms with Crippen LogP contribution in [-0.2, 0) is 15.5 Å².